The molecule has 4 heteroatoms. The fourth-order valence-corrected chi connectivity index (χ4v) is 2.45. The second-order valence-electron chi connectivity index (χ2n) is 4.85. The lowest BCUT2D eigenvalue weighted by atomic mass is 9.85. The van der Waals surface area contributed by atoms with E-state index in [1.165, 1.54) is 5.56 Å². The molecule has 2 rings (SSSR count). The summed E-state index contributed by atoms with van der Waals surface area (Å²) in [5, 5.41) is 3.52. The number of hydrogen-bond donors (Lipinski definition) is 1. The van der Waals surface area contributed by atoms with Gasteiger partial charge in [0.2, 0.25) is 0 Å². The molecule has 4 nitrogen and oxygen atoms in total. The molecule has 1 aromatic carbocycles. The van der Waals surface area contributed by atoms with Crippen LogP contribution < -0.4 is 10.1 Å². The van der Waals surface area contributed by atoms with Gasteiger partial charge in [-0.1, -0.05) is 18.2 Å². The van der Waals surface area contributed by atoms with Crippen molar-refractivity contribution in [1.82, 2.24) is 5.32 Å². The summed E-state index contributed by atoms with van der Waals surface area (Å²) in [4.78, 5) is 0. The zero-order valence-electron chi connectivity index (χ0n) is 11.9. The first-order valence-electron chi connectivity index (χ1n) is 6.77. The van der Waals surface area contributed by atoms with Crippen LogP contribution in [0.2, 0.25) is 0 Å². The molecule has 0 radical (unpaired) electrons. The van der Waals surface area contributed by atoms with Crippen LogP contribution in [0.5, 0.6) is 5.75 Å². The number of benzene rings is 1. The van der Waals surface area contributed by atoms with Crippen molar-refractivity contribution >= 4 is 0 Å². The van der Waals surface area contributed by atoms with Gasteiger partial charge in [-0.15, -0.1) is 0 Å². The smallest absolute Gasteiger partial charge is 0.170 e. The minimum atomic E-state index is -0.378. The standard InChI is InChI=1S/C15H23NO3/c1-4-19-14-8-6-5-7-12(14)11-16-13-9-15(10-13,17-2)18-3/h5-8,13,16H,4,9-11H2,1-3H3. The number of rotatable bonds is 7. The molecule has 0 unspecified atom stereocenters. The maximum Gasteiger partial charge on any atom is 0.170 e. The molecule has 1 aliphatic rings. The SMILES string of the molecule is CCOc1ccccc1CNC1CC(OC)(OC)C1. The maximum absolute atomic E-state index is 5.61. The number of nitrogens with one attached hydrogen (secondary N) is 1. The summed E-state index contributed by atoms with van der Waals surface area (Å²) in [6.45, 7) is 3.50. The number of para-hydroxylation sites is 1. The highest BCUT2D eigenvalue weighted by Gasteiger charge is 2.44. The van der Waals surface area contributed by atoms with Crippen LogP contribution in [0.1, 0.15) is 25.3 Å². The molecule has 1 aromatic rings. The first kappa shape index (κ1) is 14.3. The van der Waals surface area contributed by atoms with E-state index in [0.717, 1.165) is 25.1 Å². The van der Waals surface area contributed by atoms with Crippen molar-refractivity contribution in [3.05, 3.63) is 29.8 Å². The van der Waals surface area contributed by atoms with E-state index in [9.17, 15) is 0 Å². The second kappa shape index (κ2) is 6.37. The molecule has 1 N–H and O–H groups in total. The Hall–Kier alpha value is -1.10. The van der Waals surface area contributed by atoms with Gasteiger partial charge in [0.05, 0.1) is 6.61 Å². The van der Waals surface area contributed by atoms with Crippen molar-refractivity contribution in [3.8, 4) is 5.75 Å². The van der Waals surface area contributed by atoms with Crippen molar-refractivity contribution in [3.63, 3.8) is 0 Å². The lowest BCUT2D eigenvalue weighted by Crippen LogP contribution is -2.55. The summed E-state index contributed by atoms with van der Waals surface area (Å²) in [5.41, 5.74) is 1.19. The highest BCUT2D eigenvalue weighted by molar-refractivity contribution is 5.33. The maximum atomic E-state index is 5.61. The van der Waals surface area contributed by atoms with Crippen LogP contribution >= 0.6 is 0 Å². The van der Waals surface area contributed by atoms with E-state index < -0.39 is 0 Å². The fourth-order valence-electron chi connectivity index (χ4n) is 2.45. The van der Waals surface area contributed by atoms with Gasteiger partial charge in [0.15, 0.2) is 5.79 Å². The third-order valence-electron chi connectivity index (χ3n) is 3.71. The summed E-state index contributed by atoms with van der Waals surface area (Å²) in [6, 6.07) is 8.58. The molecular formula is C15H23NO3. The van der Waals surface area contributed by atoms with Gasteiger partial charge < -0.3 is 19.5 Å². The van der Waals surface area contributed by atoms with Gasteiger partial charge in [-0.2, -0.15) is 0 Å². The Morgan fingerprint density at radius 2 is 1.89 bits per heavy atom. The average molecular weight is 265 g/mol. The summed E-state index contributed by atoms with van der Waals surface area (Å²) < 4.78 is 16.4. The van der Waals surface area contributed by atoms with Gasteiger partial charge in [-0.3, -0.25) is 0 Å². The number of hydrogen-bond acceptors (Lipinski definition) is 4. The Bertz CT molecular complexity index is 396. The number of ether oxygens (including phenoxy) is 3. The van der Waals surface area contributed by atoms with Gasteiger partial charge in [0, 0.05) is 45.2 Å². The Labute approximate surface area is 115 Å². The van der Waals surface area contributed by atoms with E-state index in [0.29, 0.717) is 12.6 Å². The number of methoxy groups -OCH3 is 2. The van der Waals surface area contributed by atoms with E-state index in [2.05, 4.69) is 11.4 Å². The summed E-state index contributed by atoms with van der Waals surface area (Å²) >= 11 is 0. The molecule has 0 heterocycles. The molecule has 1 aliphatic carbocycles. The molecule has 0 aliphatic heterocycles. The van der Waals surface area contributed by atoms with Crippen molar-refractivity contribution in [2.75, 3.05) is 20.8 Å². The highest BCUT2D eigenvalue weighted by Crippen LogP contribution is 2.36. The van der Waals surface area contributed by atoms with E-state index in [1.54, 1.807) is 14.2 Å². The molecule has 0 atom stereocenters. The summed E-state index contributed by atoms with van der Waals surface area (Å²) in [6.07, 6.45) is 1.77. The van der Waals surface area contributed by atoms with Gasteiger partial charge in [0.1, 0.15) is 5.75 Å². The predicted octanol–water partition coefficient (Wildman–Crippen LogP) is 2.33. The van der Waals surface area contributed by atoms with E-state index in [4.69, 9.17) is 14.2 Å². The van der Waals surface area contributed by atoms with Gasteiger partial charge in [0.25, 0.3) is 0 Å². The van der Waals surface area contributed by atoms with Crippen LogP contribution in [0.4, 0.5) is 0 Å². The lowest BCUT2D eigenvalue weighted by molar-refractivity contribution is -0.259. The van der Waals surface area contributed by atoms with Crippen LogP contribution in [0.3, 0.4) is 0 Å². The molecule has 0 saturated heterocycles. The third-order valence-corrected chi connectivity index (χ3v) is 3.71. The van der Waals surface area contributed by atoms with Crippen LogP contribution in [-0.2, 0) is 16.0 Å². The molecule has 1 fully saturated rings. The van der Waals surface area contributed by atoms with Gasteiger partial charge in [-0.05, 0) is 13.0 Å². The molecule has 1 saturated carbocycles. The van der Waals surface area contributed by atoms with Crippen LogP contribution in [-0.4, -0.2) is 32.7 Å². The highest BCUT2D eigenvalue weighted by atomic mass is 16.7. The van der Waals surface area contributed by atoms with Crippen molar-refractivity contribution in [2.24, 2.45) is 0 Å². The normalized spacial score (nSPS) is 18.1. The quantitative estimate of drug-likeness (QED) is 0.768. The first-order chi connectivity index (χ1) is 9.23. The Morgan fingerprint density at radius 1 is 1.21 bits per heavy atom. The van der Waals surface area contributed by atoms with Crippen LogP contribution in [0.15, 0.2) is 24.3 Å². The minimum Gasteiger partial charge on any atom is -0.494 e. The zero-order valence-corrected chi connectivity index (χ0v) is 11.9. The van der Waals surface area contributed by atoms with Crippen molar-refractivity contribution in [1.29, 1.82) is 0 Å². The Kier molecular flexibility index (Phi) is 4.80. The summed E-state index contributed by atoms with van der Waals surface area (Å²) in [5.74, 6) is 0.582. The molecule has 0 amide bonds. The lowest BCUT2D eigenvalue weighted by Gasteiger charge is -2.45. The van der Waals surface area contributed by atoms with E-state index in [1.807, 2.05) is 25.1 Å². The average Bonchev–Trinajstić information content (AvgIpc) is 2.40. The molecule has 0 bridgehead atoms. The molecule has 0 aromatic heterocycles. The first-order valence-corrected chi connectivity index (χ1v) is 6.77. The Morgan fingerprint density at radius 3 is 2.53 bits per heavy atom. The van der Waals surface area contributed by atoms with E-state index in [-0.39, 0.29) is 5.79 Å². The molecule has 106 valence electrons. The molecule has 19 heavy (non-hydrogen) atoms. The topological polar surface area (TPSA) is 39.7 Å². The molecular weight excluding hydrogens is 242 g/mol. The Balaban J connectivity index is 1.84. The largest absolute Gasteiger partial charge is 0.494 e. The zero-order chi connectivity index (χ0) is 13.7. The molecule has 0 spiro atoms. The van der Waals surface area contributed by atoms with Gasteiger partial charge in [-0.25, -0.2) is 0 Å². The third kappa shape index (κ3) is 3.26. The van der Waals surface area contributed by atoms with E-state index >= 15 is 0 Å². The van der Waals surface area contributed by atoms with Crippen molar-refractivity contribution in [2.45, 2.75) is 38.1 Å². The van der Waals surface area contributed by atoms with Crippen LogP contribution in [0, 0.1) is 0 Å². The van der Waals surface area contributed by atoms with Crippen molar-refractivity contribution < 1.29 is 14.2 Å². The monoisotopic (exact) mass is 265 g/mol. The summed E-state index contributed by atoms with van der Waals surface area (Å²) in [7, 11) is 3.40. The fraction of sp³-hybridized carbons (Fsp3) is 0.600. The van der Waals surface area contributed by atoms with Crippen LogP contribution in [0.25, 0.3) is 0 Å². The second-order valence-corrected chi connectivity index (χ2v) is 4.85. The minimum absolute atomic E-state index is 0.378. The predicted molar refractivity (Wildman–Crippen MR) is 74.2 cm³/mol. The van der Waals surface area contributed by atoms with Gasteiger partial charge >= 0.3 is 0 Å².